The molecule has 6 bridgehead atoms. The highest BCUT2D eigenvalue weighted by Gasteiger charge is 2.55. The van der Waals surface area contributed by atoms with Crippen LogP contribution in [0.15, 0.2) is 36.5 Å². The fourth-order valence-electron chi connectivity index (χ4n) is 7.70. The average Bonchev–Trinajstić information content (AvgIpc) is 3.00. The number of carbonyl (C=O) groups excluding carboxylic acids is 2. The van der Waals surface area contributed by atoms with Crippen LogP contribution in [-0.4, -0.2) is 88.0 Å². The summed E-state index contributed by atoms with van der Waals surface area (Å²) < 4.78 is 31.0. The number of aliphatic hydroxyl groups excluding tert-OH is 2. The maximum absolute atomic E-state index is 13.0. The molecule has 10 nitrogen and oxygen atoms in total. The molecule has 4 heterocycles. The van der Waals surface area contributed by atoms with E-state index < -0.39 is 47.7 Å². The van der Waals surface area contributed by atoms with Crippen molar-refractivity contribution in [1.29, 1.82) is 0 Å². The number of unbranched alkanes of at least 4 members (excludes halogenated alkanes) is 4. The average molecular weight is 691 g/mol. The number of cyclic esters (lactones) is 1. The molecule has 0 unspecified atom stereocenters. The van der Waals surface area contributed by atoms with Gasteiger partial charge in [-0.05, 0) is 51.9 Å². The summed E-state index contributed by atoms with van der Waals surface area (Å²) in [7, 11) is 0. The predicted molar refractivity (Wildman–Crippen MR) is 185 cm³/mol. The molecular formula is C39H62O10. The van der Waals surface area contributed by atoms with Gasteiger partial charge in [0.25, 0.3) is 0 Å². The highest BCUT2D eigenvalue weighted by Crippen LogP contribution is 2.45. The monoisotopic (exact) mass is 690 g/mol. The predicted octanol–water partition coefficient (Wildman–Crippen LogP) is 6.14. The minimum atomic E-state index is -1.93. The zero-order chi connectivity index (χ0) is 35.8. The number of rotatable bonds is 8. The van der Waals surface area contributed by atoms with Crippen LogP contribution in [0.5, 0.6) is 0 Å². The molecule has 0 saturated carbocycles. The molecule has 4 rings (SSSR count). The highest BCUT2D eigenvalue weighted by molar-refractivity contribution is 5.70. The van der Waals surface area contributed by atoms with Crippen LogP contribution in [0.25, 0.3) is 0 Å². The molecule has 0 amide bonds. The molecular weight excluding hydrogens is 628 g/mol. The summed E-state index contributed by atoms with van der Waals surface area (Å²) in [6, 6.07) is 0. The molecule has 0 aromatic heterocycles. The van der Waals surface area contributed by atoms with Crippen molar-refractivity contribution in [3.8, 4) is 0 Å². The molecule has 0 aromatic rings. The highest BCUT2D eigenvalue weighted by atomic mass is 16.7. The molecule has 4 aliphatic rings. The summed E-state index contributed by atoms with van der Waals surface area (Å²) in [6.45, 7) is 15.9. The van der Waals surface area contributed by atoms with Gasteiger partial charge in [-0.25, -0.2) is 0 Å². The van der Waals surface area contributed by atoms with Crippen molar-refractivity contribution >= 4 is 11.9 Å². The van der Waals surface area contributed by atoms with E-state index in [1.165, 1.54) is 6.92 Å². The number of hydrogen-bond acceptors (Lipinski definition) is 10. The van der Waals surface area contributed by atoms with E-state index in [1.54, 1.807) is 0 Å². The van der Waals surface area contributed by atoms with Crippen molar-refractivity contribution < 1.29 is 48.6 Å². The van der Waals surface area contributed by atoms with Gasteiger partial charge >= 0.3 is 11.9 Å². The molecule has 4 aliphatic heterocycles. The van der Waals surface area contributed by atoms with Crippen molar-refractivity contribution in [2.24, 2.45) is 5.41 Å². The number of aliphatic hydroxyl groups is 3. The van der Waals surface area contributed by atoms with Crippen LogP contribution < -0.4 is 0 Å². The Morgan fingerprint density at radius 2 is 1.59 bits per heavy atom. The van der Waals surface area contributed by atoms with Crippen molar-refractivity contribution in [2.75, 3.05) is 0 Å². The van der Waals surface area contributed by atoms with Crippen LogP contribution >= 0.6 is 0 Å². The molecule has 0 aliphatic carbocycles. The molecule has 3 saturated heterocycles. The summed E-state index contributed by atoms with van der Waals surface area (Å²) in [5, 5.41) is 33.9. The Morgan fingerprint density at radius 3 is 2.29 bits per heavy atom. The third-order valence-corrected chi connectivity index (χ3v) is 10.5. The number of fused-ring (bicyclic) bond motifs is 6. The van der Waals surface area contributed by atoms with E-state index in [9.17, 15) is 24.9 Å². The van der Waals surface area contributed by atoms with Crippen molar-refractivity contribution in [1.82, 2.24) is 0 Å². The zero-order valence-corrected chi connectivity index (χ0v) is 30.3. The smallest absolute Gasteiger partial charge is 0.308 e. The van der Waals surface area contributed by atoms with Crippen LogP contribution in [0, 0.1) is 5.41 Å². The van der Waals surface area contributed by atoms with Crippen molar-refractivity contribution in [3.63, 3.8) is 0 Å². The molecule has 3 fully saturated rings. The molecule has 3 N–H and O–H groups in total. The van der Waals surface area contributed by atoms with Gasteiger partial charge in [-0.3, -0.25) is 9.59 Å². The standard InChI is InChI=1S/C39H62O10/c1-7-8-9-10-11-12-36(42)48-35-14-13-30-24-34(27(4)40)47-37(43)22-28(41)21-31-18-26(3)20-33(46-31)23-32-19-25(2)17-29(45-32)15-16-38(5,6)39(35,44)49-30/h15-16,27-35,40-41,44H,2-3,7-14,17-24H2,1,4-6H3/t27-,28-,29+,30+,31+,32+,33-,34-,35-,39-/m1/s1. The normalized spacial score (nSPS) is 36.8. The lowest BCUT2D eigenvalue weighted by molar-refractivity contribution is -0.341. The first kappa shape index (κ1) is 39.7. The van der Waals surface area contributed by atoms with Crippen LogP contribution in [0.1, 0.15) is 130 Å². The molecule has 0 radical (unpaired) electrons. The maximum atomic E-state index is 13.0. The van der Waals surface area contributed by atoms with Gasteiger partial charge in [0.2, 0.25) is 5.79 Å². The molecule has 49 heavy (non-hydrogen) atoms. The molecule has 10 atom stereocenters. The minimum absolute atomic E-state index is 0.111. The van der Waals surface area contributed by atoms with E-state index in [4.69, 9.17) is 23.7 Å². The second-order valence-electron chi connectivity index (χ2n) is 15.6. The van der Waals surface area contributed by atoms with E-state index >= 15 is 0 Å². The molecule has 0 aromatic carbocycles. The lowest BCUT2D eigenvalue weighted by Gasteiger charge is -2.50. The molecule has 0 spiro atoms. The minimum Gasteiger partial charge on any atom is -0.459 e. The van der Waals surface area contributed by atoms with Gasteiger partial charge in [-0.15, -0.1) is 0 Å². The summed E-state index contributed by atoms with van der Waals surface area (Å²) in [6.07, 6.45) is 7.79. The maximum Gasteiger partial charge on any atom is 0.308 e. The van der Waals surface area contributed by atoms with Crippen LogP contribution in [0.3, 0.4) is 0 Å². The van der Waals surface area contributed by atoms with E-state index in [2.05, 4.69) is 20.1 Å². The quantitative estimate of drug-likeness (QED) is 0.154. The van der Waals surface area contributed by atoms with Gasteiger partial charge in [-0.1, -0.05) is 82.9 Å². The summed E-state index contributed by atoms with van der Waals surface area (Å²) in [5.41, 5.74) is 1.05. The third-order valence-electron chi connectivity index (χ3n) is 10.5. The second kappa shape index (κ2) is 17.9. The topological polar surface area (TPSA) is 141 Å². The van der Waals surface area contributed by atoms with Gasteiger partial charge in [-0.2, -0.15) is 0 Å². The summed E-state index contributed by atoms with van der Waals surface area (Å²) in [4.78, 5) is 26.0. The Balaban J connectivity index is 1.60. The lowest BCUT2D eigenvalue weighted by atomic mass is 9.75. The fourth-order valence-corrected chi connectivity index (χ4v) is 7.70. The fraction of sp³-hybridized carbons (Fsp3) is 0.795. The second-order valence-corrected chi connectivity index (χ2v) is 15.6. The molecule has 278 valence electrons. The number of ether oxygens (including phenoxy) is 5. The van der Waals surface area contributed by atoms with Gasteiger partial charge < -0.3 is 39.0 Å². The number of esters is 2. The van der Waals surface area contributed by atoms with Crippen LogP contribution in [0.4, 0.5) is 0 Å². The van der Waals surface area contributed by atoms with Gasteiger partial charge in [0.1, 0.15) is 6.10 Å². The first-order valence-electron chi connectivity index (χ1n) is 18.7. The van der Waals surface area contributed by atoms with Crippen molar-refractivity contribution in [3.05, 3.63) is 36.5 Å². The number of hydrogen-bond donors (Lipinski definition) is 3. The SMILES string of the molecule is C=C1C[C@@H]2C[C@@H]3CC(=C)C[C@H](C=CC(C)(C)[C@]4(O)O[C@@H](CC[C@H]4OC(=O)CCCCCCC)C[C@H]([C@@H](C)O)OC(=O)C[C@H](O)C[C@H](C1)O2)O3. The van der Waals surface area contributed by atoms with Gasteiger partial charge in [0.05, 0.1) is 49.1 Å². The van der Waals surface area contributed by atoms with E-state index in [1.807, 2.05) is 26.0 Å². The third kappa shape index (κ3) is 11.5. The van der Waals surface area contributed by atoms with Crippen LogP contribution in [0.2, 0.25) is 0 Å². The Labute approximate surface area is 293 Å². The van der Waals surface area contributed by atoms with Crippen molar-refractivity contribution in [2.45, 2.75) is 191 Å². The molecule has 10 heteroatoms. The zero-order valence-electron chi connectivity index (χ0n) is 30.3. The summed E-state index contributed by atoms with van der Waals surface area (Å²) in [5.74, 6) is -2.94. The van der Waals surface area contributed by atoms with E-state index in [-0.39, 0.29) is 56.1 Å². The first-order valence-corrected chi connectivity index (χ1v) is 18.7. The number of carbonyl (C=O) groups is 2. The van der Waals surface area contributed by atoms with E-state index in [0.29, 0.717) is 44.9 Å². The van der Waals surface area contributed by atoms with E-state index in [0.717, 1.165) is 43.3 Å². The largest absolute Gasteiger partial charge is 0.459 e. The Bertz CT molecular complexity index is 1160. The Hall–Kier alpha value is -2.08. The first-order chi connectivity index (χ1) is 23.2. The van der Waals surface area contributed by atoms with Crippen LogP contribution in [-0.2, 0) is 33.3 Å². The van der Waals surface area contributed by atoms with Gasteiger partial charge in [0.15, 0.2) is 6.10 Å². The van der Waals surface area contributed by atoms with Gasteiger partial charge in [0, 0.05) is 31.1 Å². The lowest BCUT2D eigenvalue weighted by Crippen LogP contribution is -2.61. The summed E-state index contributed by atoms with van der Waals surface area (Å²) >= 11 is 0. The Morgan fingerprint density at radius 1 is 0.939 bits per heavy atom. The Kier molecular flexibility index (Phi) is 14.5.